The van der Waals surface area contributed by atoms with E-state index in [9.17, 15) is 9.59 Å². The van der Waals surface area contributed by atoms with Crippen LogP contribution in [0, 0.1) is 0 Å². The second-order valence-electron chi connectivity index (χ2n) is 5.92. The summed E-state index contributed by atoms with van der Waals surface area (Å²) in [4.78, 5) is 23.4. The average molecular weight is 329 g/mol. The van der Waals surface area contributed by atoms with Gasteiger partial charge in [0.1, 0.15) is 0 Å². The summed E-state index contributed by atoms with van der Waals surface area (Å²) in [7, 11) is 0. The molecular formula is C16H27NO6. The van der Waals surface area contributed by atoms with E-state index >= 15 is 0 Å². The zero-order valence-electron chi connectivity index (χ0n) is 13.8. The molecule has 2 saturated heterocycles. The number of hydrogen-bond acceptors (Lipinski definition) is 6. The largest absolute Gasteiger partial charge is 0.433 e. The molecule has 2 fully saturated rings. The molecule has 7 nitrogen and oxygen atoms in total. The van der Waals surface area contributed by atoms with Gasteiger partial charge in [0.25, 0.3) is 0 Å². The second kappa shape index (κ2) is 9.08. The molecule has 2 aliphatic heterocycles. The third kappa shape index (κ3) is 5.99. The first-order chi connectivity index (χ1) is 11.1. The molecule has 2 atom stereocenters. The number of carbonyl (C=O) groups is 2. The molecule has 2 rings (SSSR count). The Morgan fingerprint density at radius 1 is 1.26 bits per heavy atom. The molecule has 2 unspecified atom stereocenters. The van der Waals surface area contributed by atoms with Crippen LogP contribution >= 0.6 is 0 Å². The molecule has 0 aromatic rings. The van der Waals surface area contributed by atoms with E-state index in [2.05, 4.69) is 5.32 Å². The Kier molecular flexibility index (Phi) is 7.11. The van der Waals surface area contributed by atoms with Crippen molar-refractivity contribution in [3.8, 4) is 0 Å². The van der Waals surface area contributed by atoms with Crippen LogP contribution in [0.25, 0.3) is 0 Å². The molecule has 7 heteroatoms. The van der Waals surface area contributed by atoms with Crippen molar-refractivity contribution in [3.63, 3.8) is 0 Å². The monoisotopic (exact) mass is 329 g/mol. The van der Waals surface area contributed by atoms with E-state index in [4.69, 9.17) is 18.9 Å². The predicted octanol–water partition coefficient (Wildman–Crippen LogP) is 2.48. The lowest BCUT2D eigenvalue weighted by Gasteiger charge is -2.26. The molecule has 0 bridgehead atoms. The van der Waals surface area contributed by atoms with Gasteiger partial charge in [0.05, 0.1) is 13.2 Å². The molecule has 23 heavy (non-hydrogen) atoms. The van der Waals surface area contributed by atoms with Gasteiger partial charge in [-0.3, -0.25) is 4.79 Å². The maximum absolute atomic E-state index is 11.9. The van der Waals surface area contributed by atoms with Crippen molar-refractivity contribution >= 4 is 12.1 Å². The van der Waals surface area contributed by atoms with Crippen LogP contribution in [0.15, 0.2) is 0 Å². The van der Waals surface area contributed by atoms with Crippen LogP contribution in [-0.4, -0.2) is 43.9 Å². The van der Waals surface area contributed by atoms with Gasteiger partial charge < -0.3 is 24.3 Å². The van der Waals surface area contributed by atoms with Gasteiger partial charge in [-0.25, -0.2) is 4.79 Å². The highest BCUT2D eigenvalue weighted by Crippen LogP contribution is 2.30. The van der Waals surface area contributed by atoms with Crippen LogP contribution in [-0.2, 0) is 23.7 Å². The lowest BCUT2D eigenvalue weighted by molar-refractivity contribution is -0.214. The highest BCUT2D eigenvalue weighted by atomic mass is 16.7. The SMILES string of the molecule is CCC1(OC(=O)CCCNC(=O)OC2CCCCO2)CCCO1. The zero-order valence-corrected chi connectivity index (χ0v) is 13.8. The molecular weight excluding hydrogens is 302 g/mol. The molecule has 1 amide bonds. The summed E-state index contributed by atoms with van der Waals surface area (Å²) in [6, 6.07) is 0. The first-order valence-electron chi connectivity index (χ1n) is 8.55. The van der Waals surface area contributed by atoms with Gasteiger partial charge in [0.2, 0.25) is 12.1 Å². The van der Waals surface area contributed by atoms with E-state index in [1.54, 1.807) is 0 Å². The third-order valence-corrected chi connectivity index (χ3v) is 4.11. The molecule has 0 aromatic carbocycles. The van der Waals surface area contributed by atoms with Crippen LogP contribution in [0.1, 0.15) is 58.3 Å². The van der Waals surface area contributed by atoms with Gasteiger partial charge in [-0.1, -0.05) is 6.92 Å². The van der Waals surface area contributed by atoms with Gasteiger partial charge >= 0.3 is 12.1 Å². The molecule has 0 aliphatic carbocycles. The molecule has 1 N–H and O–H groups in total. The number of hydrogen-bond donors (Lipinski definition) is 1. The number of esters is 1. The van der Waals surface area contributed by atoms with Gasteiger partial charge in [-0.15, -0.1) is 0 Å². The van der Waals surface area contributed by atoms with E-state index in [1.807, 2.05) is 6.92 Å². The Bertz CT molecular complexity index is 388. The van der Waals surface area contributed by atoms with Gasteiger partial charge in [0.15, 0.2) is 0 Å². The summed E-state index contributed by atoms with van der Waals surface area (Å²) >= 11 is 0. The average Bonchev–Trinajstić information content (AvgIpc) is 3.01. The molecule has 0 radical (unpaired) electrons. The highest BCUT2D eigenvalue weighted by molar-refractivity contribution is 5.70. The topological polar surface area (TPSA) is 83.1 Å². The summed E-state index contributed by atoms with van der Waals surface area (Å²) < 4.78 is 21.4. The Morgan fingerprint density at radius 2 is 2.13 bits per heavy atom. The fraction of sp³-hybridized carbons (Fsp3) is 0.875. The molecule has 2 heterocycles. The van der Waals surface area contributed by atoms with Crippen molar-refractivity contribution in [1.82, 2.24) is 5.32 Å². The summed E-state index contributed by atoms with van der Waals surface area (Å²) in [6.45, 7) is 3.58. The number of amides is 1. The molecule has 0 spiro atoms. The molecule has 2 aliphatic rings. The summed E-state index contributed by atoms with van der Waals surface area (Å²) in [6.07, 6.45) is 4.86. The van der Waals surface area contributed by atoms with Gasteiger partial charge in [-0.2, -0.15) is 0 Å². The summed E-state index contributed by atoms with van der Waals surface area (Å²) in [5.74, 6) is -1.03. The number of ether oxygens (including phenoxy) is 4. The third-order valence-electron chi connectivity index (χ3n) is 4.11. The van der Waals surface area contributed by atoms with Crippen molar-refractivity contribution in [3.05, 3.63) is 0 Å². The van der Waals surface area contributed by atoms with Crippen LogP contribution < -0.4 is 5.32 Å². The van der Waals surface area contributed by atoms with Crippen LogP contribution in [0.4, 0.5) is 4.79 Å². The summed E-state index contributed by atoms with van der Waals surface area (Å²) in [5, 5.41) is 2.62. The normalized spacial score (nSPS) is 27.4. The predicted molar refractivity (Wildman–Crippen MR) is 81.6 cm³/mol. The van der Waals surface area contributed by atoms with Crippen LogP contribution in [0.2, 0.25) is 0 Å². The van der Waals surface area contributed by atoms with Crippen molar-refractivity contribution < 1.29 is 28.5 Å². The van der Waals surface area contributed by atoms with Gasteiger partial charge in [0, 0.05) is 32.2 Å². The zero-order chi connectivity index (χ0) is 16.5. The first-order valence-corrected chi connectivity index (χ1v) is 8.55. The quantitative estimate of drug-likeness (QED) is 0.571. The van der Waals surface area contributed by atoms with E-state index in [0.717, 1.165) is 32.1 Å². The lowest BCUT2D eigenvalue weighted by Crippen LogP contribution is -2.34. The van der Waals surface area contributed by atoms with E-state index in [1.165, 1.54) is 0 Å². The maximum atomic E-state index is 11.9. The minimum atomic E-state index is -0.734. The molecule has 132 valence electrons. The van der Waals surface area contributed by atoms with Crippen molar-refractivity contribution in [2.24, 2.45) is 0 Å². The smallest absolute Gasteiger partial charge is 0.409 e. The minimum Gasteiger partial charge on any atom is -0.433 e. The Balaban J connectivity index is 1.55. The Hall–Kier alpha value is -1.34. The van der Waals surface area contributed by atoms with Crippen molar-refractivity contribution in [2.75, 3.05) is 19.8 Å². The van der Waals surface area contributed by atoms with E-state index < -0.39 is 18.2 Å². The Morgan fingerprint density at radius 3 is 2.78 bits per heavy atom. The standard InChI is InChI=1S/C16H27NO6/c1-2-16(9-6-12-21-16)23-13(18)7-5-10-17-15(19)22-14-8-3-4-11-20-14/h14H,2-12H2,1H3,(H,17,19). The number of rotatable bonds is 7. The van der Waals surface area contributed by atoms with Crippen molar-refractivity contribution in [1.29, 1.82) is 0 Å². The maximum Gasteiger partial charge on any atom is 0.409 e. The van der Waals surface area contributed by atoms with E-state index in [0.29, 0.717) is 32.6 Å². The fourth-order valence-electron chi connectivity index (χ4n) is 2.75. The summed E-state index contributed by atoms with van der Waals surface area (Å²) in [5.41, 5.74) is 0. The number of alkyl carbamates (subject to hydrolysis) is 1. The van der Waals surface area contributed by atoms with E-state index in [-0.39, 0.29) is 12.4 Å². The lowest BCUT2D eigenvalue weighted by atomic mass is 10.1. The number of carbonyl (C=O) groups excluding carboxylic acids is 2. The Labute approximate surface area is 137 Å². The highest BCUT2D eigenvalue weighted by Gasteiger charge is 2.37. The van der Waals surface area contributed by atoms with Crippen LogP contribution in [0.5, 0.6) is 0 Å². The molecule has 0 aromatic heterocycles. The first kappa shape index (κ1) is 18.0. The van der Waals surface area contributed by atoms with Gasteiger partial charge in [-0.05, 0) is 25.7 Å². The number of nitrogens with one attached hydrogen (secondary N) is 1. The van der Waals surface area contributed by atoms with Crippen LogP contribution in [0.3, 0.4) is 0 Å². The molecule has 0 saturated carbocycles. The second-order valence-corrected chi connectivity index (χ2v) is 5.92. The fourth-order valence-corrected chi connectivity index (χ4v) is 2.75. The minimum absolute atomic E-state index is 0.241. The van der Waals surface area contributed by atoms with Crippen molar-refractivity contribution in [2.45, 2.75) is 70.4 Å².